The quantitative estimate of drug-likeness (QED) is 0.378. The summed E-state index contributed by atoms with van der Waals surface area (Å²) in [6, 6.07) is 6.61. The molecule has 140 valence electrons. The van der Waals surface area contributed by atoms with E-state index in [9.17, 15) is 0 Å². The molecule has 0 aliphatic rings. The predicted octanol–water partition coefficient (Wildman–Crippen LogP) is 2.21. The lowest BCUT2D eigenvalue weighted by Gasteiger charge is -2.04. The van der Waals surface area contributed by atoms with E-state index < -0.39 is 0 Å². The van der Waals surface area contributed by atoms with Crippen LogP contribution in [-0.2, 0) is 13.0 Å². The third kappa shape index (κ3) is 11.9. The number of aromatic nitrogens is 1. The van der Waals surface area contributed by atoms with E-state index in [1.807, 2.05) is 0 Å². The Morgan fingerprint density at radius 2 is 1.38 bits per heavy atom. The molecule has 3 heteroatoms. The average Bonchev–Trinajstić information content (AvgIpc) is 2.58. The summed E-state index contributed by atoms with van der Waals surface area (Å²) in [6.07, 6.45) is 19.1. The van der Waals surface area contributed by atoms with Gasteiger partial charge >= 0.3 is 0 Å². The van der Waals surface area contributed by atoms with Crippen LogP contribution < -0.4 is 17.0 Å². The van der Waals surface area contributed by atoms with Crippen LogP contribution >= 0.6 is 0 Å². The zero-order valence-corrected chi connectivity index (χ0v) is 16.4. The molecule has 0 aliphatic carbocycles. The standard InChI is InChI=1S/C21H38NO.ClH/c1-2-3-16-21-17-12-14-19-22(21)18-13-10-8-6-4-5-7-9-11-15-20-23;/h12,14,17,19,23H,2-11,13,15-16,18,20H2,1H3;1H/q+1;/p-1. The number of hydrogen-bond acceptors (Lipinski definition) is 1. The van der Waals surface area contributed by atoms with Gasteiger partial charge in [0, 0.05) is 31.6 Å². The molecule has 0 aromatic carbocycles. The Hall–Kier alpha value is -0.600. The van der Waals surface area contributed by atoms with Crippen molar-refractivity contribution in [3.05, 3.63) is 30.1 Å². The fourth-order valence-corrected chi connectivity index (χ4v) is 3.12. The maximum Gasteiger partial charge on any atom is 0.181 e. The van der Waals surface area contributed by atoms with Crippen molar-refractivity contribution < 1.29 is 22.1 Å². The van der Waals surface area contributed by atoms with Crippen LogP contribution in [0.3, 0.4) is 0 Å². The number of halogens is 1. The predicted molar refractivity (Wildman–Crippen MR) is 98.5 cm³/mol. The maximum absolute atomic E-state index is 8.73. The van der Waals surface area contributed by atoms with Crippen LogP contribution in [0.2, 0.25) is 0 Å². The monoisotopic (exact) mass is 355 g/mol. The van der Waals surface area contributed by atoms with Crippen molar-refractivity contribution in [3.63, 3.8) is 0 Å². The number of pyridine rings is 1. The zero-order valence-electron chi connectivity index (χ0n) is 15.7. The smallest absolute Gasteiger partial charge is 0.181 e. The van der Waals surface area contributed by atoms with Crippen LogP contribution in [0.25, 0.3) is 0 Å². The van der Waals surface area contributed by atoms with Crippen molar-refractivity contribution in [1.82, 2.24) is 0 Å². The van der Waals surface area contributed by atoms with E-state index in [2.05, 4.69) is 35.9 Å². The molecule has 0 atom stereocenters. The molecule has 1 N–H and O–H groups in total. The molecule has 1 aromatic rings. The first kappa shape index (κ1) is 23.4. The number of aliphatic hydroxyl groups excluding tert-OH is 1. The van der Waals surface area contributed by atoms with Gasteiger partial charge in [0.25, 0.3) is 0 Å². The molecule has 0 aliphatic heterocycles. The van der Waals surface area contributed by atoms with E-state index in [1.54, 1.807) is 0 Å². The minimum absolute atomic E-state index is 0. The molecule has 0 amide bonds. The van der Waals surface area contributed by atoms with Crippen LogP contribution in [-0.4, -0.2) is 11.7 Å². The molecule has 0 saturated heterocycles. The largest absolute Gasteiger partial charge is 1.00 e. The average molecular weight is 356 g/mol. The number of unbranched alkanes of at least 4 members (excludes halogenated alkanes) is 10. The van der Waals surface area contributed by atoms with E-state index >= 15 is 0 Å². The Labute approximate surface area is 156 Å². The van der Waals surface area contributed by atoms with Crippen LogP contribution in [0, 0.1) is 0 Å². The maximum atomic E-state index is 8.73. The highest BCUT2D eigenvalue weighted by molar-refractivity contribution is 4.97. The summed E-state index contributed by atoms with van der Waals surface area (Å²) in [5.41, 5.74) is 1.50. The summed E-state index contributed by atoms with van der Waals surface area (Å²) in [5, 5.41) is 8.73. The second-order valence-corrected chi connectivity index (χ2v) is 6.75. The molecule has 0 saturated carbocycles. The van der Waals surface area contributed by atoms with Gasteiger partial charge in [-0.15, -0.1) is 0 Å². The highest BCUT2D eigenvalue weighted by atomic mass is 35.5. The van der Waals surface area contributed by atoms with Gasteiger partial charge < -0.3 is 17.5 Å². The van der Waals surface area contributed by atoms with Crippen molar-refractivity contribution in [2.24, 2.45) is 0 Å². The van der Waals surface area contributed by atoms with E-state index in [1.165, 1.54) is 89.3 Å². The molecule has 0 spiro atoms. The third-order valence-electron chi connectivity index (χ3n) is 4.63. The van der Waals surface area contributed by atoms with Crippen LogP contribution in [0.15, 0.2) is 24.4 Å². The van der Waals surface area contributed by atoms with Crippen molar-refractivity contribution in [3.8, 4) is 0 Å². The van der Waals surface area contributed by atoms with Crippen molar-refractivity contribution in [2.75, 3.05) is 6.61 Å². The number of aryl methyl sites for hydroxylation is 2. The molecule has 1 aromatic heterocycles. The zero-order chi connectivity index (χ0) is 16.6. The van der Waals surface area contributed by atoms with Crippen molar-refractivity contribution >= 4 is 0 Å². The third-order valence-corrected chi connectivity index (χ3v) is 4.63. The van der Waals surface area contributed by atoms with E-state index in [-0.39, 0.29) is 12.4 Å². The summed E-state index contributed by atoms with van der Waals surface area (Å²) in [5.74, 6) is 0. The minimum Gasteiger partial charge on any atom is -1.00 e. The molecule has 0 fully saturated rings. The number of rotatable bonds is 15. The Morgan fingerprint density at radius 1 is 0.792 bits per heavy atom. The van der Waals surface area contributed by atoms with Gasteiger partial charge in [0.15, 0.2) is 11.9 Å². The fourth-order valence-electron chi connectivity index (χ4n) is 3.12. The molecule has 0 radical (unpaired) electrons. The summed E-state index contributed by atoms with van der Waals surface area (Å²) in [7, 11) is 0. The lowest BCUT2D eigenvalue weighted by atomic mass is 10.1. The van der Waals surface area contributed by atoms with Crippen LogP contribution in [0.4, 0.5) is 0 Å². The highest BCUT2D eigenvalue weighted by Crippen LogP contribution is 2.10. The lowest BCUT2D eigenvalue weighted by molar-refractivity contribution is -0.704. The second kappa shape index (κ2) is 17.2. The van der Waals surface area contributed by atoms with E-state index in [0.29, 0.717) is 6.61 Å². The molecular weight excluding hydrogens is 318 g/mol. The summed E-state index contributed by atoms with van der Waals surface area (Å²) in [4.78, 5) is 0. The summed E-state index contributed by atoms with van der Waals surface area (Å²) in [6.45, 7) is 3.81. The normalized spacial score (nSPS) is 10.6. The topological polar surface area (TPSA) is 24.1 Å². The van der Waals surface area contributed by atoms with Gasteiger partial charge in [-0.05, 0) is 19.3 Å². The van der Waals surface area contributed by atoms with Gasteiger partial charge in [0.2, 0.25) is 0 Å². The Balaban J connectivity index is 0.00000529. The highest BCUT2D eigenvalue weighted by Gasteiger charge is 2.08. The van der Waals surface area contributed by atoms with Crippen LogP contribution in [0.5, 0.6) is 0 Å². The number of aliphatic hydroxyl groups is 1. The first-order chi connectivity index (χ1) is 11.4. The molecule has 24 heavy (non-hydrogen) atoms. The van der Waals surface area contributed by atoms with Crippen LogP contribution in [0.1, 0.15) is 89.7 Å². The van der Waals surface area contributed by atoms with Gasteiger partial charge in [0.1, 0.15) is 6.54 Å². The van der Waals surface area contributed by atoms with Crippen molar-refractivity contribution in [2.45, 2.75) is 96.9 Å². The van der Waals surface area contributed by atoms with Gasteiger partial charge in [-0.2, -0.15) is 0 Å². The van der Waals surface area contributed by atoms with E-state index in [0.717, 1.165) is 6.42 Å². The molecule has 0 unspecified atom stereocenters. The Bertz CT molecular complexity index is 384. The lowest BCUT2D eigenvalue weighted by Crippen LogP contribution is -3.00. The van der Waals surface area contributed by atoms with Gasteiger partial charge in [-0.3, -0.25) is 0 Å². The van der Waals surface area contributed by atoms with Crippen molar-refractivity contribution in [1.29, 1.82) is 0 Å². The fraction of sp³-hybridized carbons (Fsp3) is 0.762. The SMILES string of the molecule is CCCCc1cccc[n+]1CCCCCCCCCCCCO.[Cl-]. The molecule has 0 bridgehead atoms. The van der Waals surface area contributed by atoms with Gasteiger partial charge in [0.05, 0.1) is 0 Å². The Kier molecular flexibility index (Phi) is 16.8. The number of nitrogens with zero attached hydrogens (tertiary/aromatic N) is 1. The summed E-state index contributed by atoms with van der Waals surface area (Å²) < 4.78 is 2.46. The second-order valence-electron chi connectivity index (χ2n) is 6.75. The van der Waals surface area contributed by atoms with Gasteiger partial charge in [-0.25, -0.2) is 4.57 Å². The first-order valence-corrected chi connectivity index (χ1v) is 9.96. The summed E-state index contributed by atoms with van der Waals surface area (Å²) >= 11 is 0. The molecule has 2 nitrogen and oxygen atoms in total. The minimum atomic E-state index is 0. The van der Waals surface area contributed by atoms with E-state index in [4.69, 9.17) is 5.11 Å². The van der Waals surface area contributed by atoms with Gasteiger partial charge in [-0.1, -0.05) is 64.4 Å². The molecular formula is C21H38ClNO. The Morgan fingerprint density at radius 3 is 1.96 bits per heavy atom. The first-order valence-electron chi connectivity index (χ1n) is 9.96. The molecule has 1 heterocycles. The number of hydrogen-bond donors (Lipinski definition) is 1. The molecule has 1 rings (SSSR count).